The number of tetrazole rings is 1. The highest BCUT2D eigenvalue weighted by Crippen LogP contribution is 2.19. The molecule has 9 heteroatoms. The largest absolute Gasteiger partial charge is 0.296 e. The minimum absolute atomic E-state index is 0.250. The van der Waals surface area contributed by atoms with Crippen LogP contribution in [0.4, 0.5) is 0 Å². The first-order chi connectivity index (χ1) is 14.5. The lowest BCUT2D eigenvalue weighted by Gasteiger charge is -2.32. The van der Waals surface area contributed by atoms with E-state index in [2.05, 4.69) is 25.1 Å². The van der Waals surface area contributed by atoms with Gasteiger partial charge in [-0.2, -0.15) is 4.68 Å². The Morgan fingerprint density at radius 3 is 2.63 bits per heavy atom. The normalized spacial score (nSPS) is 17.8. The van der Waals surface area contributed by atoms with Crippen LogP contribution in [0, 0.1) is 12.8 Å². The number of nitrogens with one attached hydrogen (secondary N) is 1. The third-order valence-corrected chi connectivity index (χ3v) is 6.84. The number of likely N-dealkylation sites (tertiary alicyclic amines) is 1. The van der Waals surface area contributed by atoms with E-state index in [1.54, 1.807) is 16.8 Å². The molecule has 158 valence electrons. The number of rotatable bonds is 7. The summed E-state index contributed by atoms with van der Waals surface area (Å²) in [6.07, 6.45) is 2.01. The van der Waals surface area contributed by atoms with Crippen molar-refractivity contribution in [3.63, 3.8) is 0 Å². The van der Waals surface area contributed by atoms with Crippen LogP contribution in [0.15, 0.2) is 59.5 Å². The second-order valence-electron chi connectivity index (χ2n) is 7.75. The fraction of sp³-hybridized carbons (Fsp3) is 0.381. The zero-order chi connectivity index (χ0) is 21.0. The second-order valence-corrected chi connectivity index (χ2v) is 9.52. The Morgan fingerprint density at radius 2 is 1.87 bits per heavy atom. The summed E-state index contributed by atoms with van der Waals surface area (Å²) in [5.74, 6) is 1.03. The van der Waals surface area contributed by atoms with Crippen molar-refractivity contribution in [3.05, 3.63) is 66.0 Å². The molecule has 2 aromatic carbocycles. The third-order valence-electron chi connectivity index (χ3n) is 5.40. The van der Waals surface area contributed by atoms with Gasteiger partial charge in [0.1, 0.15) is 0 Å². The van der Waals surface area contributed by atoms with E-state index in [9.17, 15) is 8.42 Å². The van der Waals surface area contributed by atoms with E-state index in [4.69, 9.17) is 0 Å². The van der Waals surface area contributed by atoms with Crippen molar-refractivity contribution in [3.8, 4) is 5.69 Å². The van der Waals surface area contributed by atoms with Crippen LogP contribution >= 0.6 is 0 Å². The Labute approximate surface area is 177 Å². The van der Waals surface area contributed by atoms with E-state index in [1.807, 2.05) is 49.4 Å². The number of hydrogen-bond donors (Lipinski definition) is 1. The summed E-state index contributed by atoms with van der Waals surface area (Å²) in [6.45, 7) is 4.74. The Kier molecular flexibility index (Phi) is 6.21. The SMILES string of the molecule is Cc1ccc(S(=O)(=O)NCC2CCCN(Cc3nnnn3-c3ccccc3)C2)cc1. The minimum atomic E-state index is -3.49. The lowest BCUT2D eigenvalue weighted by atomic mass is 9.98. The number of nitrogens with zero attached hydrogens (tertiary/aromatic N) is 5. The van der Waals surface area contributed by atoms with Gasteiger partial charge in [0.25, 0.3) is 0 Å². The van der Waals surface area contributed by atoms with Crippen molar-refractivity contribution in [2.45, 2.75) is 31.2 Å². The van der Waals surface area contributed by atoms with Crippen molar-refractivity contribution >= 4 is 10.0 Å². The molecule has 0 amide bonds. The maximum absolute atomic E-state index is 12.6. The summed E-state index contributed by atoms with van der Waals surface area (Å²) >= 11 is 0. The van der Waals surface area contributed by atoms with E-state index in [1.165, 1.54) is 0 Å². The number of aromatic nitrogens is 4. The summed E-state index contributed by atoms with van der Waals surface area (Å²) in [5, 5.41) is 12.1. The van der Waals surface area contributed by atoms with Gasteiger partial charge >= 0.3 is 0 Å². The smallest absolute Gasteiger partial charge is 0.240 e. The molecule has 1 aliphatic heterocycles. The van der Waals surface area contributed by atoms with Crippen LogP contribution in [0.5, 0.6) is 0 Å². The number of para-hydroxylation sites is 1. The van der Waals surface area contributed by atoms with Crippen LogP contribution in [0.3, 0.4) is 0 Å². The van der Waals surface area contributed by atoms with E-state index in [-0.39, 0.29) is 5.92 Å². The molecule has 3 aromatic rings. The topological polar surface area (TPSA) is 93.0 Å². The maximum atomic E-state index is 12.6. The van der Waals surface area contributed by atoms with Gasteiger partial charge in [-0.25, -0.2) is 13.1 Å². The quantitative estimate of drug-likeness (QED) is 0.622. The molecule has 1 N–H and O–H groups in total. The van der Waals surface area contributed by atoms with Crippen LogP contribution in [0.25, 0.3) is 5.69 Å². The Hall–Kier alpha value is -2.62. The monoisotopic (exact) mass is 426 g/mol. The number of aryl methyl sites for hydroxylation is 1. The van der Waals surface area contributed by atoms with Crippen LogP contribution in [0.1, 0.15) is 24.2 Å². The average molecular weight is 427 g/mol. The van der Waals surface area contributed by atoms with Crippen molar-refractivity contribution in [2.24, 2.45) is 5.92 Å². The number of piperidine rings is 1. The molecular formula is C21H26N6O2S. The van der Waals surface area contributed by atoms with Gasteiger partial charge in [0.2, 0.25) is 10.0 Å². The van der Waals surface area contributed by atoms with Crippen molar-refractivity contribution in [1.82, 2.24) is 29.8 Å². The molecule has 1 aliphatic rings. The zero-order valence-corrected chi connectivity index (χ0v) is 17.8. The molecule has 8 nitrogen and oxygen atoms in total. The molecule has 0 radical (unpaired) electrons. The lowest BCUT2D eigenvalue weighted by Crippen LogP contribution is -2.41. The molecule has 1 unspecified atom stereocenters. The molecule has 1 atom stereocenters. The van der Waals surface area contributed by atoms with E-state index in [0.717, 1.165) is 43.0 Å². The highest BCUT2D eigenvalue weighted by Gasteiger charge is 2.24. The average Bonchev–Trinajstić information content (AvgIpc) is 3.22. The molecule has 0 aliphatic carbocycles. The molecule has 1 aromatic heterocycles. The van der Waals surface area contributed by atoms with Gasteiger partial charge in [-0.1, -0.05) is 35.9 Å². The molecular weight excluding hydrogens is 400 g/mol. The molecule has 0 saturated carbocycles. The molecule has 1 saturated heterocycles. The first kappa shape index (κ1) is 20.6. The standard InChI is InChI=1S/C21H26N6O2S/c1-17-9-11-20(12-10-17)30(28,29)22-14-18-6-5-13-26(15-18)16-21-23-24-25-27(21)19-7-3-2-4-8-19/h2-4,7-12,18,22H,5-6,13-16H2,1H3. The summed E-state index contributed by atoms with van der Waals surface area (Å²) in [6, 6.07) is 16.7. The molecule has 0 spiro atoms. The summed E-state index contributed by atoms with van der Waals surface area (Å²) in [4.78, 5) is 2.60. The molecule has 4 rings (SSSR count). The fourth-order valence-corrected chi connectivity index (χ4v) is 4.88. The number of hydrogen-bond acceptors (Lipinski definition) is 6. The van der Waals surface area contributed by atoms with Crippen LogP contribution in [-0.4, -0.2) is 53.2 Å². The first-order valence-electron chi connectivity index (χ1n) is 10.1. The van der Waals surface area contributed by atoms with E-state index in [0.29, 0.717) is 18.0 Å². The molecule has 1 fully saturated rings. The van der Waals surface area contributed by atoms with E-state index < -0.39 is 10.0 Å². The Balaban J connectivity index is 1.36. The minimum Gasteiger partial charge on any atom is -0.296 e. The Morgan fingerprint density at radius 1 is 1.10 bits per heavy atom. The van der Waals surface area contributed by atoms with Gasteiger partial charge in [-0.05, 0) is 66.9 Å². The van der Waals surface area contributed by atoms with Gasteiger partial charge < -0.3 is 0 Å². The summed E-state index contributed by atoms with van der Waals surface area (Å²) in [5.41, 5.74) is 1.96. The third kappa shape index (κ3) is 4.92. The number of sulfonamides is 1. The lowest BCUT2D eigenvalue weighted by molar-refractivity contribution is 0.164. The molecule has 30 heavy (non-hydrogen) atoms. The molecule has 0 bridgehead atoms. The maximum Gasteiger partial charge on any atom is 0.240 e. The Bertz CT molecular complexity index is 1070. The fourth-order valence-electron chi connectivity index (χ4n) is 3.76. The van der Waals surface area contributed by atoms with E-state index >= 15 is 0 Å². The zero-order valence-electron chi connectivity index (χ0n) is 17.0. The van der Waals surface area contributed by atoms with Crippen molar-refractivity contribution < 1.29 is 8.42 Å². The van der Waals surface area contributed by atoms with Crippen molar-refractivity contribution in [1.29, 1.82) is 0 Å². The van der Waals surface area contributed by atoms with Gasteiger partial charge in [0, 0.05) is 13.1 Å². The van der Waals surface area contributed by atoms with Gasteiger partial charge in [-0.15, -0.1) is 5.10 Å². The predicted molar refractivity (Wildman–Crippen MR) is 114 cm³/mol. The van der Waals surface area contributed by atoms with Crippen LogP contribution in [-0.2, 0) is 16.6 Å². The van der Waals surface area contributed by atoms with Gasteiger partial charge in [-0.3, -0.25) is 4.90 Å². The van der Waals surface area contributed by atoms with Crippen molar-refractivity contribution in [2.75, 3.05) is 19.6 Å². The van der Waals surface area contributed by atoms with Crippen LogP contribution in [0.2, 0.25) is 0 Å². The second kappa shape index (κ2) is 9.03. The summed E-state index contributed by atoms with van der Waals surface area (Å²) < 4.78 is 29.7. The highest BCUT2D eigenvalue weighted by atomic mass is 32.2. The van der Waals surface area contributed by atoms with Crippen LogP contribution < -0.4 is 4.72 Å². The number of benzene rings is 2. The van der Waals surface area contributed by atoms with Gasteiger partial charge in [0.05, 0.1) is 17.1 Å². The summed E-state index contributed by atoms with van der Waals surface area (Å²) in [7, 11) is -3.49. The highest BCUT2D eigenvalue weighted by molar-refractivity contribution is 7.89. The molecule has 2 heterocycles. The van der Waals surface area contributed by atoms with Gasteiger partial charge in [0.15, 0.2) is 5.82 Å². The predicted octanol–water partition coefficient (Wildman–Crippen LogP) is 2.16. The first-order valence-corrected chi connectivity index (χ1v) is 11.6.